The van der Waals surface area contributed by atoms with Crippen molar-refractivity contribution in [3.63, 3.8) is 0 Å². The lowest BCUT2D eigenvalue weighted by molar-refractivity contribution is 0.0948. The van der Waals surface area contributed by atoms with E-state index in [1.54, 1.807) is 0 Å². The summed E-state index contributed by atoms with van der Waals surface area (Å²) in [4.78, 5) is 14.5. The third-order valence-electron chi connectivity index (χ3n) is 3.75. The highest BCUT2D eigenvalue weighted by atomic mass is 35.5. The third-order valence-corrected chi connectivity index (χ3v) is 4.07. The second-order valence-corrected chi connectivity index (χ2v) is 6.46. The number of methoxy groups -OCH3 is 1. The monoisotopic (exact) mass is 377 g/mol. The molecule has 2 aromatic carbocycles. The van der Waals surface area contributed by atoms with Gasteiger partial charge in [-0.3, -0.25) is 4.79 Å². The molecule has 0 aliphatic carbocycles. The number of likely N-dealkylation sites (N-methyl/N-ethyl adjacent to an activating group) is 1. The molecule has 7 heteroatoms. The third kappa shape index (κ3) is 5.54. The molecule has 0 aliphatic rings. The van der Waals surface area contributed by atoms with E-state index in [0.29, 0.717) is 35.2 Å². The van der Waals surface area contributed by atoms with Crippen LogP contribution in [0.1, 0.15) is 15.9 Å². The van der Waals surface area contributed by atoms with Gasteiger partial charge in [0.25, 0.3) is 5.91 Å². The molecule has 0 radical (unpaired) electrons. The lowest BCUT2D eigenvalue weighted by Crippen LogP contribution is -2.23. The number of nitrogens with one attached hydrogen (secondary N) is 1. The average Bonchev–Trinajstić information content (AvgIpc) is 2.62. The summed E-state index contributed by atoms with van der Waals surface area (Å²) in [5.41, 5.74) is 7.40. The number of hydrogen-bond acceptors (Lipinski definition) is 5. The van der Waals surface area contributed by atoms with E-state index in [2.05, 4.69) is 10.2 Å². The maximum atomic E-state index is 12.4. The lowest BCUT2D eigenvalue weighted by atomic mass is 10.1. The number of nitrogens with zero attached hydrogens (tertiary/aromatic N) is 1. The molecule has 0 bridgehead atoms. The highest BCUT2D eigenvalue weighted by Crippen LogP contribution is 2.28. The first-order valence-corrected chi connectivity index (χ1v) is 8.56. The number of halogens is 1. The number of amides is 1. The Morgan fingerprint density at radius 1 is 1.23 bits per heavy atom. The average molecular weight is 378 g/mol. The molecular weight excluding hydrogens is 354 g/mol. The van der Waals surface area contributed by atoms with E-state index in [-0.39, 0.29) is 5.91 Å². The second kappa shape index (κ2) is 9.31. The molecule has 26 heavy (non-hydrogen) atoms. The predicted octanol–water partition coefficient (Wildman–Crippen LogP) is 2.80. The van der Waals surface area contributed by atoms with Gasteiger partial charge in [-0.1, -0.05) is 23.7 Å². The van der Waals surface area contributed by atoms with Crippen LogP contribution in [-0.4, -0.2) is 45.2 Å². The van der Waals surface area contributed by atoms with E-state index < -0.39 is 0 Å². The van der Waals surface area contributed by atoms with Crippen molar-refractivity contribution in [3.8, 4) is 11.5 Å². The highest BCUT2D eigenvalue weighted by Gasteiger charge is 2.14. The van der Waals surface area contributed by atoms with E-state index in [0.717, 1.165) is 17.9 Å². The van der Waals surface area contributed by atoms with E-state index in [1.165, 1.54) is 19.2 Å². The number of benzene rings is 2. The number of rotatable bonds is 8. The first-order valence-electron chi connectivity index (χ1n) is 8.18. The molecule has 0 atom stereocenters. The Kier molecular flexibility index (Phi) is 7.12. The van der Waals surface area contributed by atoms with Gasteiger partial charge in [0.15, 0.2) is 0 Å². The normalized spacial score (nSPS) is 10.7. The van der Waals surface area contributed by atoms with Crippen LogP contribution in [0.2, 0.25) is 5.02 Å². The van der Waals surface area contributed by atoms with Crippen LogP contribution < -0.4 is 20.5 Å². The van der Waals surface area contributed by atoms with Gasteiger partial charge < -0.3 is 25.4 Å². The van der Waals surface area contributed by atoms with Crippen molar-refractivity contribution in [1.29, 1.82) is 0 Å². The zero-order valence-corrected chi connectivity index (χ0v) is 16.0. The van der Waals surface area contributed by atoms with Gasteiger partial charge in [0.05, 0.1) is 23.4 Å². The van der Waals surface area contributed by atoms with Gasteiger partial charge in [0.1, 0.15) is 18.1 Å². The van der Waals surface area contributed by atoms with Crippen molar-refractivity contribution < 1.29 is 14.3 Å². The number of nitrogen functional groups attached to an aromatic ring is 1. The van der Waals surface area contributed by atoms with Gasteiger partial charge in [0, 0.05) is 19.2 Å². The van der Waals surface area contributed by atoms with Crippen molar-refractivity contribution in [2.24, 2.45) is 0 Å². The lowest BCUT2D eigenvalue weighted by Gasteiger charge is -2.12. The topological polar surface area (TPSA) is 76.8 Å². The van der Waals surface area contributed by atoms with Crippen molar-refractivity contribution in [2.45, 2.75) is 6.54 Å². The number of nitrogens with two attached hydrogens (primary N) is 1. The summed E-state index contributed by atoms with van der Waals surface area (Å²) < 4.78 is 10.9. The molecule has 0 heterocycles. The van der Waals surface area contributed by atoms with E-state index in [9.17, 15) is 4.79 Å². The molecule has 3 N–H and O–H groups in total. The molecule has 0 spiro atoms. The van der Waals surface area contributed by atoms with Gasteiger partial charge in [-0.05, 0) is 37.9 Å². The van der Waals surface area contributed by atoms with Gasteiger partial charge in [0.2, 0.25) is 0 Å². The number of carbonyl (C=O) groups is 1. The van der Waals surface area contributed by atoms with Crippen LogP contribution in [0.25, 0.3) is 0 Å². The predicted molar refractivity (Wildman–Crippen MR) is 104 cm³/mol. The summed E-state index contributed by atoms with van der Waals surface area (Å²) >= 11 is 6.01. The van der Waals surface area contributed by atoms with Crippen LogP contribution in [0.15, 0.2) is 36.4 Å². The van der Waals surface area contributed by atoms with Crippen LogP contribution in [0.3, 0.4) is 0 Å². The maximum Gasteiger partial charge on any atom is 0.255 e. The molecular formula is C19H24ClN3O3. The Morgan fingerprint density at radius 2 is 1.92 bits per heavy atom. The van der Waals surface area contributed by atoms with Gasteiger partial charge in [-0.25, -0.2) is 0 Å². The number of carbonyl (C=O) groups excluding carboxylic acids is 1. The molecule has 0 aliphatic heterocycles. The highest BCUT2D eigenvalue weighted by molar-refractivity contribution is 6.33. The second-order valence-electron chi connectivity index (χ2n) is 6.05. The van der Waals surface area contributed by atoms with E-state index in [1.807, 2.05) is 38.4 Å². The first kappa shape index (κ1) is 19.9. The van der Waals surface area contributed by atoms with E-state index in [4.69, 9.17) is 26.8 Å². The van der Waals surface area contributed by atoms with Crippen LogP contribution in [0, 0.1) is 0 Å². The minimum absolute atomic E-state index is 0.282. The fourth-order valence-electron chi connectivity index (χ4n) is 2.24. The fraction of sp³-hybridized carbons (Fsp3) is 0.316. The van der Waals surface area contributed by atoms with Gasteiger partial charge in [-0.2, -0.15) is 0 Å². The van der Waals surface area contributed by atoms with E-state index >= 15 is 0 Å². The van der Waals surface area contributed by atoms with Gasteiger partial charge in [-0.15, -0.1) is 0 Å². The molecule has 140 valence electrons. The Balaban J connectivity index is 1.94. The molecule has 1 amide bonds. The zero-order chi connectivity index (χ0) is 19.1. The Morgan fingerprint density at radius 3 is 2.54 bits per heavy atom. The van der Waals surface area contributed by atoms with Crippen LogP contribution >= 0.6 is 11.6 Å². The SMILES string of the molecule is COc1cc(N)c(Cl)cc1C(=O)NCc1ccc(OCCN(C)C)cc1. The number of hydrogen-bond donors (Lipinski definition) is 2. The van der Waals surface area contributed by atoms with Crippen molar-refractivity contribution in [1.82, 2.24) is 10.2 Å². The van der Waals surface area contributed by atoms with Gasteiger partial charge >= 0.3 is 0 Å². The van der Waals surface area contributed by atoms with Crippen molar-refractivity contribution in [2.75, 3.05) is 40.1 Å². The molecule has 0 saturated carbocycles. The minimum atomic E-state index is -0.282. The summed E-state index contributed by atoms with van der Waals surface area (Å²) in [5.74, 6) is 0.901. The summed E-state index contributed by atoms with van der Waals surface area (Å²) in [6.07, 6.45) is 0. The minimum Gasteiger partial charge on any atom is -0.496 e. The van der Waals surface area contributed by atoms with Crippen molar-refractivity contribution in [3.05, 3.63) is 52.5 Å². The summed E-state index contributed by atoms with van der Waals surface area (Å²) in [5, 5.41) is 3.16. The van der Waals surface area contributed by atoms with Crippen LogP contribution in [0.4, 0.5) is 5.69 Å². The zero-order valence-electron chi connectivity index (χ0n) is 15.2. The standard InChI is InChI=1S/C19H24ClN3O3/c1-23(2)8-9-26-14-6-4-13(5-7-14)12-22-19(24)15-10-16(20)17(21)11-18(15)25-3/h4-7,10-11H,8-9,12,21H2,1-3H3,(H,22,24). The summed E-state index contributed by atoms with van der Waals surface area (Å²) in [6.45, 7) is 1.85. The molecule has 0 unspecified atom stereocenters. The Labute approximate surface area is 158 Å². The summed E-state index contributed by atoms with van der Waals surface area (Å²) in [6, 6.07) is 10.6. The molecule has 2 rings (SSSR count). The number of anilines is 1. The van der Waals surface area contributed by atoms with Crippen LogP contribution in [0.5, 0.6) is 11.5 Å². The molecule has 2 aromatic rings. The summed E-state index contributed by atoms with van der Waals surface area (Å²) in [7, 11) is 5.48. The molecule has 0 saturated heterocycles. The molecule has 6 nitrogen and oxygen atoms in total. The molecule has 0 fully saturated rings. The smallest absolute Gasteiger partial charge is 0.255 e. The number of ether oxygens (including phenoxy) is 2. The first-order chi connectivity index (χ1) is 12.4. The quantitative estimate of drug-likeness (QED) is 0.692. The Bertz CT molecular complexity index is 748. The fourth-order valence-corrected chi connectivity index (χ4v) is 2.41. The Hall–Kier alpha value is -2.44. The molecule has 0 aromatic heterocycles. The van der Waals surface area contributed by atoms with Crippen LogP contribution in [-0.2, 0) is 6.54 Å². The van der Waals surface area contributed by atoms with Crippen molar-refractivity contribution >= 4 is 23.2 Å². The largest absolute Gasteiger partial charge is 0.496 e. The maximum absolute atomic E-state index is 12.4.